The zero-order chi connectivity index (χ0) is 29.8. The Balaban J connectivity index is 2.03. The largest absolute Gasteiger partial charge is 0.493 e. The Kier molecular flexibility index (Phi) is 14.2. The van der Waals surface area contributed by atoms with Gasteiger partial charge in [0.1, 0.15) is 0 Å². The van der Waals surface area contributed by atoms with Crippen LogP contribution < -0.4 is 26.3 Å². The molecule has 0 bridgehead atoms. The third kappa shape index (κ3) is 10.2. The second kappa shape index (κ2) is 16.8. The molecule has 1 aliphatic carbocycles. The van der Waals surface area contributed by atoms with Gasteiger partial charge in [-0.3, -0.25) is 9.59 Å². The number of carbonyl (C=O) groups is 2. The predicted molar refractivity (Wildman–Crippen MR) is 157 cm³/mol. The van der Waals surface area contributed by atoms with Gasteiger partial charge in [-0.15, -0.1) is 0 Å². The van der Waals surface area contributed by atoms with Gasteiger partial charge in [0.2, 0.25) is 11.8 Å². The lowest BCUT2D eigenvalue weighted by Gasteiger charge is -2.31. The Bertz CT molecular complexity index is 924. The van der Waals surface area contributed by atoms with Gasteiger partial charge < -0.3 is 36.1 Å². The summed E-state index contributed by atoms with van der Waals surface area (Å²) >= 11 is 0. The van der Waals surface area contributed by atoms with Crippen molar-refractivity contribution in [3.05, 3.63) is 23.8 Å². The molecule has 1 aliphatic rings. The third-order valence-electron chi connectivity index (χ3n) is 8.33. The quantitative estimate of drug-likeness (QED) is 0.200. The molecule has 1 aromatic rings. The summed E-state index contributed by atoms with van der Waals surface area (Å²) in [7, 11) is 3.30. The van der Waals surface area contributed by atoms with E-state index in [1.807, 2.05) is 32.0 Å². The number of benzene rings is 1. The molecule has 1 saturated carbocycles. The maximum atomic E-state index is 13.2. The van der Waals surface area contributed by atoms with Gasteiger partial charge in [0.25, 0.3) is 0 Å². The van der Waals surface area contributed by atoms with Crippen molar-refractivity contribution in [2.24, 2.45) is 41.1 Å². The van der Waals surface area contributed by atoms with E-state index in [9.17, 15) is 14.7 Å². The van der Waals surface area contributed by atoms with Crippen LogP contribution in [-0.2, 0) is 20.7 Å². The molecule has 0 aliphatic heterocycles. The number of ether oxygens (including phenoxy) is 3. The van der Waals surface area contributed by atoms with E-state index in [-0.39, 0.29) is 42.0 Å². The first-order valence-electron chi connectivity index (χ1n) is 14.8. The molecule has 2 rings (SSSR count). The zero-order valence-electron chi connectivity index (χ0n) is 25.4. The SMILES string of the molecule is COCCCOc1cc(CC(CC(N)C(O)CC(C(=O)NC2CCCC2C(N)=O)C(C)C)C(C)C)ccc1OC. The number of amides is 2. The number of nitrogens with one attached hydrogen (secondary N) is 1. The minimum atomic E-state index is -0.828. The number of methoxy groups -OCH3 is 2. The summed E-state index contributed by atoms with van der Waals surface area (Å²) in [6.45, 7) is 9.43. The van der Waals surface area contributed by atoms with Crippen molar-refractivity contribution in [2.45, 2.75) is 90.8 Å². The first-order chi connectivity index (χ1) is 19.0. The minimum absolute atomic E-state index is 0.0118. The Morgan fingerprint density at radius 2 is 1.77 bits per heavy atom. The molecule has 6 unspecified atom stereocenters. The lowest BCUT2D eigenvalue weighted by atomic mass is 9.80. The van der Waals surface area contributed by atoms with Gasteiger partial charge in [-0.2, -0.15) is 0 Å². The number of rotatable bonds is 18. The summed E-state index contributed by atoms with van der Waals surface area (Å²) < 4.78 is 16.5. The number of carbonyl (C=O) groups excluding carboxylic acids is 2. The first kappa shape index (κ1) is 33.8. The summed E-state index contributed by atoms with van der Waals surface area (Å²) in [4.78, 5) is 25.0. The normalized spacial score (nSPS) is 20.2. The number of hydrogen-bond donors (Lipinski definition) is 4. The van der Waals surface area contributed by atoms with Crippen molar-refractivity contribution in [3.8, 4) is 11.5 Å². The monoisotopic (exact) mass is 563 g/mol. The summed E-state index contributed by atoms with van der Waals surface area (Å²) in [5.74, 6) is 0.712. The van der Waals surface area contributed by atoms with Crippen LogP contribution in [0.5, 0.6) is 11.5 Å². The molecule has 0 aromatic heterocycles. The van der Waals surface area contributed by atoms with Crippen LogP contribution in [0.15, 0.2) is 18.2 Å². The fraction of sp³-hybridized carbons (Fsp3) is 0.742. The molecular weight excluding hydrogens is 510 g/mol. The van der Waals surface area contributed by atoms with Crippen molar-refractivity contribution in [3.63, 3.8) is 0 Å². The van der Waals surface area contributed by atoms with Crippen LogP contribution in [0.1, 0.15) is 71.8 Å². The molecule has 1 fully saturated rings. The van der Waals surface area contributed by atoms with Crippen LogP contribution in [0, 0.1) is 29.6 Å². The van der Waals surface area contributed by atoms with Crippen molar-refractivity contribution in [1.29, 1.82) is 0 Å². The number of aliphatic hydroxyl groups is 1. The number of aliphatic hydroxyl groups excluding tert-OH is 1. The summed E-state index contributed by atoms with van der Waals surface area (Å²) in [6.07, 6.45) is 3.93. The molecule has 0 radical (unpaired) electrons. The number of primary amides is 1. The molecule has 40 heavy (non-hydrogen) atoms. The van der Waals surface area contributed by atoms with Crippen LogP contribution in [0.2, 0.25) is 0 Å². The molecule has 0 saturated heterocycles. The van der Waals surface area contributed by atoms with Crippen LogP contribution >= 0.6 is 0 Å². The Morgan fingerprint density at radius 1 is 1.05 bits per heavy atom. The zero-order valence-corrected chi connectivity index (χ0v) is 25.4. The molecule has 0 heterocycles. The fourth-order valence-electron chi connectivity index (χ4n) is 5.63. The van der Waals surface area contributed by atoms with Gasteiger partial charge in [0.05, 0.1) is 25.7 Å². The maximum absolute atomic E-state index is 13.2. The van der Waals surface area contributed by atoms with Crippen molar-refractivity contribution in [2.75, 3.05) is 27.4 Å². The standard InChI is InChI=1S/C31H53N3O6/c1-19(2)22(15-21-11-12-28(39-6)29(16-21)40-14-8-13-38-5)17-25(32)27(35)18-24(20(3)4)31(37)34-26-10-7-9-23(26)30(33)36/h11-12,16,19-20,22-27,35H,7-10,13-15,17-18,32H2,1-6H3,(H2,33,36)(H,34,37). The average molecular weight is 564 g/mol. The fourth-order valence-corrected chi connectivity index (χ4v) is 5.63. The van der Waals surface area contributed by atoms with Crippen LogP contribution in [0.25, 0.3) is 0 Å². The third-order valence-corrected chi connectivity index (χ3v) is 8.33. The number of hydrogen-bond acceptors (Lipinski definition) is 7. The second-order valence-electron chi connectivity index (χ2n) is 12.0. The van der Waals surface area contributed by atoms with Crippen LogP contribution in [0.4, 0.5) is 0 Å². The molecular formula is C31H53N3O6. The summed E-state index contributed by atoms with van der Waals surface area (Å²) in [5.41, 5.74) is 13.2. The molecule has 6 N–H and O–H groups in total. The molecule has 9 heteroatoms. The van der Waals surface area contributed by atoms with E-state index in [4.69, 9.17) is 25.7 Å². The van der Waals surface area contributed by atoms with Gasteiger partial charge in [-0.25, -0.2) is 0 Å². The second-order valence-corrected chi connectivity index (χ2v) is 12.0. The van der Waals surface area contributed by atoms with E-state index in [1.54, 1.807) is 14.2 Å². The molecule has 0 spiro atoms. The smallest absolute Gasteiger partial charge is 0.223 e. The Morgan fingerprint density at radius 3 is 2.38 bits per heavy atom. The van der Waals surface area contributed by atoms with E-state index in [2.05, 4.69) is 19.2 Å². The minimum Gasteiger partial charge on any atom is -0.493 e. The van der Waals surface area contributed by atoms with E-state index in [1.165, 1.54) is 0 Å². The van der Waals surface area contributed by atoms with E-state index in [0.717, 1.165) is 31.2 Å². The van der Waals surface area contributed by atoms with E-state index < -0.39 is 18.1 Å². The molecule has 228 valence electrons. The molecule has 9 nitrogen and oxygen atoms in total. The van der Waals surface area contributed by atoms with Gasteiger partial charge in [0, 0.05) is 38.1 Å². The highest BCUT2D eigenvalue weighted by Gasteiger charge is 2.36. The number of nitrogens with two attached hydrogens (primary N) is 2. The van der Waals surface area contributed by atoms with E-state index in [0.29, 0.717) is 43.5 Å². The van der Waals surface area contributed by atoms with Crippen LogP contribution in [0.3, 0.4) is 0 Å². The van der Waals surface area contributed by atoms with Gasteiger partial charge in [0.15, 0.2) is 11.5 Å². The summed E-state index contributed by atoms with van der Waals surface area (Å²) in [5, 5.41) is 14.2. The molecule has 1 aromatic carbocycles. The van der Waals surface area contributed by atoms with Gasteiger partial charge in [-0.05, 0) is 67.6 Å². The first-order valence-corrected chi connectivity index (χ1v) is 14.8. The van der Waals surface area contributed by atoms with Crippen molar-refractivity contribution >= 4 is 11.8 Å². The predicted octanol–water partition coefficient (Wildman–Crippen LogP) is 3.44. The highest BCUT2D eigenvalue weighted by Crippen LogP contribution is 2.32. The van der Waals surface area contributed by atoms with Crippen molar-refractivity contribution in [1.82, 2.24) is 5.32 Å². The topological polar surface area (TPSA) is 146 Å². The lowest BCUT2D eigenvalue weighted by Crippen LogP contribution is -2.47. The van der Waals surface area contributed by atoms with E-state index >= 15 is 0 Å². The summed E-state index contributed by atoms with van der Waals surface area (Å²) in [6, 6.07) is 5.27. The van der Waals surface area contributed by atoms with Gasteiger partial charge in [-0.1, -0.05) is 40.2 Å². The lowest BCUT2D eigenvalue weighted by molar-refractivity contribution is -0.129. The Labute approximate surface area is 240 Å². The highest BCUT2D eigenvalue weighted by atomic mass is 16.5. The maximum Gasteiger partial charge on any atom is 0.223 e. The highest BCUT2D eigenvalue weighted by molar-refractivity contribution is 5.82. The van der Waals surface area contributed by atoms with Crippen LogP contribution in [-0.4, -0.2) is 62.5 Å². The average Bonchev–Trinajstić information content (AvgIpc) is 3.37. The molecule has 6 atom stereocenters. The Hall–Kier alpha value is -2.36. The molecule has 2 amide bonds. The van der Waals surface area contributed by atoms with Gasteiger partial charge >= 0.3 is 0 Å². The van der Waals surface area contributed by atoms with Crippen molar-refractivity contribution < 1.29 is 28.9 Å².